The Labute approximate surface area is 213 Å². The van der Waals surface area contributed by atoms with Crippen molar-refractivity contribution in [1.29, 1.82) is 0 Å². The van der Waals surface area contributed by atoms with Crippen LogP contribution in [0.4, 0.5) is 0 Å². The topological polar surface area (TPSA) is 44.8 Å². The van der Waals surface area contributed by atoms with E-state index in [4.69, 9.17) is 17.0 Å². The van der Waals surface area contributed by atoms with E-state index < -0.39 is 0 Å². The van der Waals surface area contributed by atoms with E-state index in [1.54, 1.807) is 6.07 Å². The van der Waals surface area contributed by atoms with Gasteiger partial charge in [-0.3, -0.25) is 15.0 Å². The fourth-order valence-electron chi connectivity index (χ4n) is 4.35. The van der Waals surface area contributed by atoms with Crippen molar-refractivity contribution in [2.75, 3.05) is 32.8 Å². The predicted molar refractivity (Wildman–Crippen MR) is 145 cm³/mol. The molecule has 0 aromatic heterocycles. The molecule has 1 saturated heterocycles. The number of ether oxygens (including phenoxy) is 1. The van der Waals surface area contributed by atoms with Gasteiger partial charge in [0, 0.05) is 26.2 Å². The lowest BCUT2D eigenvalue weighted by atomic mass is 9.96. The summed E-state index contributed by atoms with van der Waals surface area (Å²) in [4.78, 5) is 17.6. The number of benzene rings is 3. The number of hydrogen-bond acceptors (Lipinski definition) is 4. The molecule has 0 bridgehead atoms. The summed E-state index contributed by atoms with van der Waals surface area (Å²) in [6.07, 6.45) is 0. The predicted octanol–water partition coefficient (Wildman–Crippen LogP) is 5.14. The van der Waals surface area contributed by atoms with Gasteiger partial charge in [0.25, 0.3) is 5.91 Å². The Morgan fingerprint density at radius 1 is 0.857 bits per heavy atom. The number of carbonyl (C=O) groups excluding carboxylic acids is 1. The molecule has 1 amide bonds. The molecule has 0 spiro atoms. The maximum Gasteiger partial charge on any atom is 0.261 e. The minimum atomic E-state index is -0.233. The number of rotatable bonds is 7. The van der Waals surface area contributed by atoms with Crippen LogP contribution in [0.5, 0.6) is 5.75 Å². The molecular weight excluding hydrogens is 454 g/mol. The second-order valence-corrected chi connectivity index (χ2v) is 9.59. The van der Waals surface area contributed by atoms with Gasteiger partial charge in [0.2, 0.25) is 0 Å². The number of nitrogens with one attached hydrogen (secondary N) is 1. The fourth-order valence-corrected chi connectivity index (χ4v) is 4.62. The summed E-state index contributed by atoms with van der Waals surface area (Å²) < 4.78 is 5.85. The van der Waals surface area contributed by atoms with Crippen LogP contribution in [-0.4, -0.2) is 53.6 Å². The van der Waals surface area contributed by atoms with Crippen LogP contribution < -0.4 is 10.1 Å². The molecule has 3 aromatic rings. The lowest BCUT2D eigenvalue weighted by Gasteiger charge is -2.40. The molecule has 0 aliphatic carbocycles. The van der Waals surface area contributed by atoms with Crippen LogP contribution in [0.25, 0.3) is 0 Å². The lowest BCUT2D eigenvalue weighted by Crippen LogP contribution is -2.53. The van der Waals surface area contributed by atoms with Crippen LogP contribution >= 0.6 is 12.2 Å². The zero-order chi connectivity index (χ0) is 24.6. The van der Waals surface area contributed by atoms with Gasteiger partial charge in [-0.25, -0.2) is 0 Å². The Morgan fingerprint density at radius 3 is 1.97 bits per heavy atom. The first kappa shape index (κ1) is 24.9. The Bertz CT molecular complexity index is 1070. The summed E-state index contributed by atoms with van der Waals surface area (Å²) in [5, 5.41) is 3.38. The molecule has 1 N–H and O–H groups in total. The third-order valence-electron chi connectivity index (χ3n) is 6.12. The van der Waals surface area contributed by atoms with Gasteiger partial charge in [0.1, 0.15) is 5.75 Å². The van der Waals surface area contributed by atoms with Gasteiger partial charge in [-0.15, -0.1) is 0 Å². The summed E-state index contributed by atoms with van der Waals surface area (Å²) in [6.45, 7) is 7.91. The summed E-state index contributed by atoms with van der Waals surface area (Å²) >= 11 is 5.63. The van der Waals surface area contributed by atoms with Crippen LogP contribution in [0.2, 0.25) is 0 Å². The van der Waals surface area contributed by atoms with E-state index >= 15 is 0 Å². The molecule has 1 heterocycles. The third-order valence-corrected chi connectivity index (χ3v) is 6.48. The molecular formula is C29H33N3O2S. The maximum absolute atomic E-state index is 13.0. The van der Waals surface area contributed by atoms with E-state index in [1.807, 2.05) is 18.2 Å². The molecule has 0 atom stereocenters. The monoisotopic (exact) mass is 487 g/mol. The summed E-state index contributed by atoms with van der Waals surface area (Å²) in [5.74, 6) is 0.724. The van der Waals surface area contributed by atoms with E-state index in [9.17, 15) is 4.79 Å². The molecule has 3 aromatic carbocycles. The molecule has 182 valence electrons. The fraction of sp³-hybridized carbons (Fsp3) is 0.310. The quantitative estimate of drug-likeness (QED) is 0.468. The maximum atomic E-state index is 13.0. The number of para-hydroxylation sites is 1. The lowest BCUT2D eigenvalue weighted by molar-refractivity contribution is 0.0962. The molecule has 1 fully saturated rings. The van der Waals surface area contributed by atoms with Crippen LogP contribution in [-0.2, 0) is 0 Å². The summed E-state index contributed by atoms with van der Waals surface area (Å²) in [5.41, 5.74) is 3.06. The van der Waals surface area contributed by atoms with Crippen LogP contribution in [0.1, 0.15) is 41.4 Å². The highest BCUT2D eigenvalue weighted by Gasteiger charge is 2.28. The normalized spacial score (nSPS) is 14.2. The van der Waals surface area contributed by atoms with Crippen LogP contribution in [0, 0.1) is 5.92 Å². The molecule has 4 rings (SSSR count). The number of hydrogen-bond donors (Lipinski definition) is 1. The van der Waals surface area contributed by atoms with E-state index in [0.717, 1.165) is 26.2 Å². The standard InChI is InChI=1S/C29H33N3O2S/c1-22(2)21-34-26-16-10-9-15-25(26)28(33)30-29(35)32-19-17-31(18-20-32)27(23-11-5-3-6-12-23)24-13-7-4-8-14-24/h3-16,22,27H,17-21H2,1-2H3,(H,30,33,35). The number of piperazine rings is 1. The highest BCUT2D eigenvalue weighted by atomic mass is 32.1. The van der Waals surface area contributed by atoms with Gasteiger partial charge >= 0.3 is 0 Å². The number of thiocarbonyl (C=S) groups is 1. The second-order valence-electron chi connectivity index (χ2n) is 9.21. The first-order valence-corrected chi connectivity index (χ1v) is 12.6. The largest absolute Gasteiger partial charge is 0.492 e. The van der Waals surface area contributed by atoms with Crippen molar-refractivity contribution in [2.24, 2.45) is 5.92 Å². The molecule has 0 unspecified atom stereocenters. The molecule has 1 aliphatic heterocycles. The first-order chi connectivity index (χ1) is 17.0. The van der Waals surface area contributed by atoms with Crippen molar-refractivity contribution in [3.63, 3.8) is 0 Å². The SMILES string of the molecule is CC(C)COc1ccccc1C(=O)NC(=S)N1CCN(C(c2ccccc2)c2ccccc2)CC1. The molecule has 0 radical (unpaired) electrons. The number of nitrogens with zero attached hydrogens (tertiary/aromatic N) is 2. The average Bonchev–Trinajstić information content (AvgIpc) is 2.89. The minimum Gasteiger partial charge on any atom is -0.492 e. The van der Waals surface area contributed by atoms with Crippen molar-refractivity contribution < 1.29 is 9.53 Å². The van der Waals surface area contributed by atoms with Crippen LogP contribution in [0.3, 0.4) is 0 Å². The molecule has 5 nitrogen and oxygen atoms in total. The Hall–Kier alpha value is -3.22. The van der Waals surface area contributed by atoms with Crippen molar-refractivity contribution in [3.8, 4) is 5.75 Å². The van der Waals surface area contributed by atoms with Crippen molar-refractivity contribution in [3.05, 3.63) is 102 Å². The van der Waals surface area contributed by atoms with Crippen molar-refractivity contribution >= 4 is 23.2 Å². The van der Waals surface area contributed by atoms with Gasteiger partial charge in [-0.05, 0) is 41.4 Å². The van der Waals surface area contributed by atoms with E-state index in [0.29, 0.717) is 29.0 Å². The molecule has 6 heteroatoms. The van der Waals surface area contributed by atoms with Crippen molar-refractivity contribution in [1.82, 2.24) is 15.1 Å². The van der Waals surface area contributed by atoms with Gasteiger partial charge in [0.05, 0.1) is 18.2 Å². The van der Waals surface area contributed by atoms with E-state index in [1.165, 1.54) is 11.1 Å². The van der Waals surface area contributed by atoms with Crippen LogP contribution in [0.15, 0.2) is 84.9 Å². The van der Waals surface area contributed by atoms with Gasteiger partial charge in [-0.2, -0.15) is 0 Å². The summed E-state index contributed by atoms with van der Waals surface area (Å²) in [7, 11) is 0. The Kier molecular flexibility index (Phi) is 8.50. The first-order valence-electron chi connectivity index (χ1n) is 12.2. The molecule has 35 heavy (non-hydrogen) atoms. The van der Waals surface area contributed by atoms with E-state index in [2.05, 4.69) is 89.6 Å². The highest BCUT2D eigenvalue weighted by Crippen LogP contribution is 2.29. The smallest absolute Gasteiger partial charge is 0.261 e. The summed E-state index contributed by atoms with van der Waals surface area (Å²) in [6, 6.07) is 28.7. The van der Waals surface area contributed by atoms with Gasteiger partial charge in [0.15, 0.2) is 5.11 Å². The number of amides is 1. The van der Waals surface area contributed by atoms with Gasteiger partial charge in [-0.1, -0.05) is 86.6 Å². The van der Waals surface area contributed by atoms with E-state index in [-0.39, 0.29) is 11.9 Å². The average molecular weight is 488 g/mol. The molecule has 0 saturated carbocycles. The Morgan fingerprint density at radius 2 is 1.40 bits per heavy atom. The Balaban J connectivity index is 1.39. The van der Waals surface area contributed by atoms with Gasteiger partial charge < -0.3 is 9.64 Å². The highest BCUT2D eigenvalue weighted by molar-refractivity contribution is 7.80. The zero-order valence-electron chi connectivity index (χ0n) is 20.4. The minimum absolute atomic E-state index is 0.188. The zero-order valence-corrected chi connectivity index (χ0v) is 21.2. The second kappa shape index (κ2) is 12.0. The molecule has 1 aliphatic rings. The van der Waals surface area contributed by atoms with Crippen molar-refractivity contribution in [2.45, 2.75) is 19.9 Å². The third kappa shape index (κ3) is 6.47. The number of carbonyl (C=O) groups is 1.